The van der Waals surface area contributed by atoms with Crippen LogP contribution in [0.2, 0.25) is 0 Å². The summed E-state index contributed by atoms with van der Waals surface area (Å²) in [4.78, 5) is 31.8. The Bertz CT molecular complexity index is 2040. The number of benzene rings is 3. The van der Waals surface area contributed by atoms with E-state index < -0.39 is 17.3 Å². The Hall–Kier alpha value is -5.36. The highest BCUT2D eigenvalue weighted by Crippen LogP contribution is 2.42. The maximum absolute atomic E-state index is 14.3. The van der Waals surface area contributed by atoms with Gasteiger partial charge in [0, 0.05) is 35.6 Å². The van der Waals surface area contributed by atoms with E-state index in [1.807, 2.05) is 61.9 Å². The lowest BCUT2D eigenvalue weighted by Crippen LogP contribution is -2.39. The van der Waals surface area contributed by atoms with Crippen LogP contribution in [0.5, 0.6) is 0 Å². The van der Waals surface area contributed by atoms with Gasteiger partial charge in [0.25, 0.3) is 11.8 Å². The molecule has 1 aliphatic rings. The van der Waals surface area contributed by atoms with E-state index in [9.17, 15) is 18.4 Å². The van der Waals surface area contributed by atoms with E-state index in [0.717, 1.165) is 16.5 Å². The van der Waals surface area contributed by atoms with Crippen molar-refractivity contribution in [3.8, 4) is 17.2 Å². The number of aromatic nitrogens is 2. The summed E-state index contributed by atoms with van der Waals surface area (Å²) in [6.45, 7) is 6.31. The molecular formula is C36H31F2N5O2. The van der Waals surface area contributed by atoms with Gasteiger partial charge in [-0.2, -0.15) is 5.26 Å². The molecule has 7 nitrogen and oxygen atoms in total. The van der Waals surface area contributed by atoms with Gasteiger partial charge < -0.3 is 15.6 Å². The molecule has 3 heterocycles. The molecule has 2 aromatic heterocycles. The van der Waals surface area contributed by atoms with Gasteiger partial charge in [-0.05, 0) is 78.4 Å². The predicted molar refractivity (Wildman–Crippen MR) is 167 cm³/mol. The normalized spacial score (nSPS) is 15.7. The molecule has 3 N–H and O–H groups in total. The number of nitrogens with one attached hydrogen (secondary N) is 1. The van der Waals surface area contributed by atoms with Crippen LogP contribution in [0.3, 0.4) is 0 Å². The molecule has 0 fully saturated rings. The number of hydrogen-bond donors (Lipinski definition) is 2. The number of hydrogen-bond acceptors (Lipinski definition) is 4. The molecule has 0 aliphatic carbocycles. The second kappa shape index (κ2) is 11.3. The highest BCUT2D eigenvalue weighted by molar-refractivity contribution is 6.12. The molecule has 2 amide bonds. The first-order valence-electron chi connectivity index (χ1n) is 14.7. The van der Waals surface area contributed by atoms with Crippen LogP contribution >= 0.6 is 0 Å². The molecule has 6 rings (SSSR count). The van der Waals surface area contributed by atoms with Crippen LogP contribution in [0.1, 0.15) is 69.6 Å². The minimum atomic E-state index is -0.912. The number of rotatable bonds is 8. The molecule has 0 saturated heterocycles. The van der Waals surface area contributed by atoms with Crippen LogP contribution in [0.25, 0.3) is 22.0 Å². The Morgan fingerprint density at radius 3 is 2.44 bits per heavy atom. The van der Waals surface area contributed by atoms with Gasteiger partial charge in [-0.15, -0.1) is 0 Å². The van der Waals surface area contributed by atoms with Crippen molar-refractivity contribution in [1.82, 2.24) is 14.9 Å². The van der Waals surface area contributed by atoms with Crippen molar-refractivity contribution >= 4 is 22.7 Å². The van der Waals surface area contributed by atoms with Crippen molar-refractivity contribution in [1.29, 1.82) is 5.26 Å². The summed E-state index contributed by atoms with van der Waals surface area (Å²) < 4.78 is 29.9. The summed E-state index contributed by atoms with van der Waals surface area (Å²) in [7, 11) is 0. The number of nitriles is 1. The third-order valence-corrected chi connectivity index (χ3v) is 8.30. The summed E-state index contributed by atoms with van der Waals surface area (Å²) in [5.74, 6) is -1.80. The Morgan fingerprint density at radius 2 is 1.78 bits per heavy atom. The number of carbonyl (C=O) groups excluding carboxylic acids is 2. The molecule has 5 aromatic rings. The Labute approximate surface area is 259 Å². The van der Waals surface area contributed by atoms with Gasteiger partial charge in [0.1, 0.15) is 17.7 Å². The first-order valence-corrected chi connectivity index (χ1v) is 14.7. The fraction of sp³-hybridized carbons (Fsp3) is 0.222. The highest BCUT2D eigenvalue weighted by atomic mass is 19.1. The van der Waals surface area contributed by atoms with E-state index in [0.29, 0.717) is 53.0 Å². The first kappa shape index (κ1) is 29.7. The van der Waals surface area contributed by atoms with Crippen LogP contribution in [-0.2, 0) is 24.9 Å². The van der Waals surface area contributed by atoms with Crippen LogP contribution in [0.4, 0.5) is 8.78 Å². The first-order chi connectivity index (χ1) is 21.5. The number of carbonyl (C=O) groups is 2. The second-order valence-corrected chi connectivity index (χ2v) is 12.2. The summed E-state index contributed by atoms with van der Waals surface area (Å²) in [5.41, 5.74) is 10.1. The summed E-state index contributed by atoms with van der Waals surface area (Å²) in [6.07, 6.45) is 2.72. The predicted octanol–water partition coefficient (Wildman–Crippen LogP) is 6.40. The molecule has 1 atom stereocenters. The Balaban J connectivity index is 1.49. The summed E-state index contributed by atoms with van der Waals surface area (Å²) in [6, 6.07) is 20.1. The highest BCUT2D eigenvalue weighted by Gasteiger charge is 2.44. The van der Waals surface area contributed by atoms with Crippen molar-refractivity contribution in [3.63, 3.8) is 0 Å². The molecule has 9 heteroatoms. The third-order valence-electron chi connectivity index (χ3n) is 8.30. The smallest absolute Gasteiger partial charge is 0.254 e. The van der Waals surface area contributed by atoms with Gasteiger partial charge in [0.15, 0.2) is 0 Å². The molecule has 3 aromatic carbocycles. The Kier molecular flexibility index (Phi) is 7.45. The lowest BCUT2D eigenvalue weighted by atomic mass is 9.84. The minimum Gasteiger partial charge on any atom is -0.366 e. The number of nitrogens with two attached hydrogens (primary N) is 1. The molecule has 45 heavy (non-hydrogen) atoms. The van der Waals surface area contributed by atoms with Crippen LogP contribution < -0.4 is 11.1 Å². The topological polar surface area (TPSA) is 114 Å². The quantitative estimate of drug-likeness (QED) is 0.214. The third kappa shape index (κ3) is 5.44. The van der Waals surface area contributed by atoms with E-state index in [1.54, 1.807) is 18.2 Å². The van der Waals surface area contributed by atoms with Crippen molar-refractivity contribution in [2.75, 3.05) is 0 Å². The van der Waals surface area contributed by atoms with E-state index in [2.05, 4.69) is 5.32 Å². The maximum atomic E-state index is 14.3. The van der Waals surface area contributed by atoms with Gasteiger partial charge in [-0.25, -0.2) is 8.78 Å². The van der Waals surface area contributed by atoms with Gasteiger partial charge in [-0.1, -0.05) is 38.1 Å². The van der Waals surface area contributed by atoms with Gasteiger partial charge in [0.2, 0.25) is 0 Å². The lowest BCUT2D eigenvalue weighted by molar-refractivity contribution is 0.0935. The standard InChI is InChI=1S/C36H31F2N5O2/c1-20(2)14-28-31(34(40)44)30(32-33(41-28)36(3,42-35(32)45)17-21-5-9-26(37)10-6-21)24-8-11-29-23(16-24)12-13-43(29)19-22-4-7-25(18-39)27(38)15-22/h4-13,15-16,20H,14,17,19H2,1-3H3,(H2,40,44)(H,42,45)/t36-/m0/s1. The monoisotopic (exact) mass is 603 g/mol. The average molecular weight is 604 g/mol. The number of nitrogens with zero attached hydrogens (tertiary/aromatic N) is 3. The number of pyridine rings is 1. The molecule has 0 unspecified atom stereocenters. The van der Waals surface area contributed by atoms with Gasteiger partial charge in [-0.3, -0.25) is 14.6 Å². The fourth-order valence-corrected chi connectivity index (χ4v) is 6.29. The lowest BCUT2D eigenvalue weighted by Gasteiger charge is -2.26. The number of halogens is 2. The largest absolute Gasteiger partial charge is 0.366 e. The van der Waals surface area contributed by atoms with Crippen molar-refractivity contribution < 1.29 is 18.4 Å². The fourth-order valence-electron chi connectivity index (χ4n) is 6.29. The molecule has 0 saturated carbocycles. The van der Waals surface area contributed by atoms with Gasteiger partial charge in [0.05, 0.1) is 33.6 Å². The van der Waals surface area contributed by atoms with Crippen molar-refractivity contribution in [3.05, 3.63) is 124 Å². The molecule has 226 valence electrons. The van der Waals surface area contributed by atoms with E-state index in [-0.39, 0.29) is 28.8 Å². The minimum absolute atomic E-state index is 0.00877. The zero-order valence-electron chi connectivity index (χ0n) is 25.1. The molecular weight excluding hydrogens is 572 g/mol. The molecule has 0 spiro atoms. The second-order valence-electron chi connectivity index (χ2n) is 12.2. The SMILES string of the molecule is CC(C)Cc1nc2c(c(-c3ccc4c(ccn4Cc4ccc(C#N)c(F)c4)c3)c1C(N)=O)C(=O)N[C@@]2(C)Cc1ccc(F)cc1. The zero-order valence-corrected chi connectivity index (χ0v) is 25.1. The average Bonchev–Trinajstić information content (AvgIpc) is 3.49. The van der Waals surface area contributed by atoms with Crippen LogP contribution in [0.15, 0.2) is 72.9 Å². The van der Waals surface area contributed by atoms with E-state index in [1.165, 1.54) is 24.3 Å². The van der Waals surface area contributed by atoms with Crippen molar-refractivity contribution in [2.45, 2.75) is 45.7 Å². The van der Waals surface area contributed by atoms with Crippen LogP contribution in [-0.4, -0.2) is 21.4 Å². The zero-order chi connectivity index (χ0) is 32.0. The van der Waals surface area contributed by atoms with E-state index >= 15 is 0 Å². The molecule has 0 bridgehead atoms. The van der Waals surface area contributed by atoms with Crippen molar-refractivity contribution in [2.24, 2.45) is 11.7 Å². The number of fused-ring (bicyclic) bond motifs is 2. The summed E-state index contributed by atoms with van der Waals surface area (Å²) in [5, 5.41) is 13.0. The maximum Gasteiger partial charge on any atom is 0.254 e. The van der Waals surface area contributed by atoms with Crippen LogP contribution in [0, 0.1) is 28.9 Å². The Morgan fingerprint density at radius 1 is 1.04 bits per heavy atom. The number of amides is 2. The molecule has 1 aliphatic heterocycles. The van der Waals surface area contributed by atoms with E-state index in [4.69, 9.17) is 16.0 Å². The molecule has 0 radical (unpaired) electrons. The summed E-state index contributed by atoms with van der Waals surface area (Å²) >= 11 is 0. The van der Waals surface area contributed by atoms with Gasteiger partial charge >= 0.3 is 0 Å². The number of primary amides is 1.